The summed E-state index contributed by atoms with van der Waals surface area (Å²) in [7, 11) is 0. The van der Waals surface area contributed by atoms with E-state index in [2.05, 4.69) is 5.32 Å². The Labute approximate surface area is 99.0 Å². The summed E-state index contributed by atoms with van der Waals surface area (Å²) in [6.07, 6.45) is -0.694. The number of aliphatic hydroxyl groups excluding tert-OH is 1. The van der Waals surface area contributed by atoms with Crippen LogP contribution in [-0.4, -0.2) is 60.3 Å². The van der Waals surface area contributed by atoms with Crippen molar-refractivity contribution in [3.8, 4) is 6.07 Å². The molecule has 0 spiro atoms. The first kappa shape index (κ1) is 13.4. The van der Waals surface area contributed by atoms with Crippen molar-refractivity contribution in [1.82, 2.24) is 10.2 Å². The summed E-state index contributed by atoms with van der Waals surface area (Å²) in [5, 5.41) is 19.5. The van der Waals surface area contributed by atoms with Crippen molar-refractivity contribution >= 4 is 11.8 Å². The van der Waals surface area contributed by atoms with Gasteiger partial charge in [0.15, 0.2) is 0 Å². The van der Waals surface area contributed by atoms with Crippen LogP contribution in [0.15, 0.2) is 0 Å². The van der Waals surface area contributed by atoms with Gasteiger partial charge in [0.05, 0.1) is 24.9 Å². The molecule has 1 aliphatic rings. The predicted octanol–water partition coefficient (Wildman–Crippen LogP) is -1.77. The van der Waals surface area contributed by atoms with Crippen LogP contribution in [0.5, 0.6) is 0 Å². The lowest BCUT2D eigenvalue weighted by Gasteiger charge is -2.35. The Balaban J connectivity index is 2.56. The van der Waals surface area contributed by atoms with Gasteiger partial charge in [-0.25, -0.2) is 0 Å². The minimum absolute atomic E-state index is 0.180. The van der Waals surface area contributed by atoms with Crippen molar-refractivity contribution in [2.45, 2.75) is 19.1 Å². The molecule has 0 saturated carbocycles. The molecule has 94 valence electrons. The Bertz CT molecular complexity index is 339. The van der Waals surface area contributed by atoms with E-state index in [0.717, 1.165) is 0 Å². The van der Waals surface area contributed by atoms with Gasteiger partial charge in [-0.2, -0.15) is 5.26 Å². The molecule has 1 heterocycles. The zero-order valence-electron chi connectivity index (χ0n) is 9.55. The zero-order chi connectivity index (χ0) is 12.8. The van der Waals surface area contributed by atoms with Gasteiger partial charge in [-0.1, -0.05) is 0 Å². The van der Waals surface area contributed by atoms with Crippen molar-refractivity contribution in [3.05, 3.63) is 0 Å². The summed E-state index contributed by atoms with van der Waals surface area (Å²) in [6, 6.07) is 1.72. The van der Waals surface area contributed by atoms with Crippen LogP contribution in [0.2, 0.25) is 0 Å². The molecule has 0 bridgehead atoms. The topological polar surface area (TPSA) is 103 Å². The second-order valence-electron chi connectivity index (χ2n) is 3.80. The summed E-state index contributed by atoms with van der Waals surface area (Å²) in [5.41, 5.74) is 0. The number of carbonyl (C=O) groups is 2. The lowest BCUT2D eigenvalue weighted by Crippen LogP contribution is -2.54. The highest BCUT2D eigenvalue weighted by Crippen LogP contribution is 2.10. The van der Waals surface area contributed by atoms with Gasteiger partial charge in [0, 0.05) is 13.1 Å². The van der Waals surface area contributed by atoms with E-state index in [4.69, 9.17) is 15.1 Å². The first-order valence-electron chi connectivity index (χ1n) is 5.28. The van der Waals surface area contributed by atoms with Crippen molar-refractivity contribution in [2.24, 2.45) is 0 Å². The van der Waals surface area contributed by atoms with Crippen LogP contribution >= 0.6 is 0 Å². The number of nitriles is 1. The second-order valence-corrected chi connectivity index (χ2v) is 3.80. The lowest BCUT2D eigenvalue weighted by atomic mass is 10.2. The van der Waals surface area contributed by atoms with Gasteiger partial charge in [-0.15, -0.1) is 0 Å². The second kappa shape index (κ2) is 6.18. The molecule has 0 aromatic heterocycles. The number of rotatable bonds is 2. The van der Waals surface area contributed by atoms with Gasteiger partial charge < -0.3 is 20.1 Å². The molecule has 2 unspecified atom stereocenters. The Hall–Kier alpha value is -1.65. The SMILES string of the molecule is CC1CN(C(=O)C(=O)NCC#N)CC(CO)O1. The Morgan fingerprint density at radius 2 is 2.29 bits per heavy atom. The first-order chi connectivity index (χ1) is 8.08. The Kier molecular flexibility index (Phi) is 4.87. The number of hydrogen-bond donors (Lipinski definition) is 2. The number of nitrogens with one attached hydrogen (secondary N) is 1. The molecular formula is C10H15N3O4. The fourth-order valence-electron chi connectivity index (χ4n) is 1.65. The van der Waals surface area contributed by atoms with Gasteiger partial charge in [0.1, 0.15) is 6.54 Å². The van der Waals surface area contributed by atoms with Gasteiger partial charge in [0.2, 0.25) is 0 Å². The maximum absolute atomic E-state index is 11.7. The van der Waals surface area contributed by atoms with Gasteiger partial charge in [0.25, 0.3) is 0 Å². The molecule has 1 rings (SSSR count). The lowest BCUT2D eigenvalue weighted by molar-refractivity contribution is -0.155. The predicted molar refractivity (Wildman–Crippen MR) is 56.6 cm³/mol. The molecule has 17 heavy (non-hydrogen) atoms. The van der Waals surface area contributed by atoms with Crippen LogP contribution in [-0.2, 0) is 14.3 Å². The molecule has 7 heteroatoms. The van der Waals surface area contributed by atoms with Crippen molar-refractivity contribution in [1.29, 1.82) is 5.26 Å². The minimum atomic E-state index is -0.808. The Morgan fingerprint density at radius 1 is 1.59 bits per heavy atom. The average molecular weight is 241 g/mol. The van der Waals surface area contributed by atoms with Crippen molar-refractivity contribution in [3.63, 3.8) is 0 Å². The van der Waals surface area contributed by atoms with Crippen LogP contribution in [0.4, 0.5) is 0 Å². The molecule has 1 fully saturated rings. The molecular weight excluding hydrogens is 226 g/mol. The monoisotopic (exact) mass is 241 g/mol. The number of morpholine rings is 1. The maximum Gasteiger partial charge on any atom is 0.312 e. The number of ether oxygens (including phenoxy) is 1. The highest BCUT2D eigenvalue weighted by atomic mass is 16.5. The molecule has 2 N–H and O–H groups in total. The number of amides is 2. The summed E-state index contributed by atoms with van der Waals surface area (Å²) < 4.78 is 5.35. The number of nitrogens with zero attached hydrogens (tertiary/aromatic N) is 2. The van der Waals surface area contributed by atoms with Crippen LogP contribution in [0.1, 0.15) is 6.92 Å². The normalized spacial score (nSPS) is 23.9. The molecule has 7 nitrogen and oxygen atoms in total. The van der Waals surface area contributed by atoms with E-state index in [1.807, 2.05) is 0 Å². The molecule has 2 atom stereocenters. The fraction of sp³-hybridized carbons (Fsp3) is 0.700. The van der Waals surface area contributed by atoms with E-state index in [9.17, 15) is 9.59 Å². The number of hydrogen-bond acceptors (Lipinski definition) is 5. The zero-order valence-corrected chi connectivity index (χ0v) is 9.55. The molecule has 0 aromatic rings. The molecule has 1 aliphatic heterocycles. The summed E-state index contributed by atoms with van der Waals surface area (Å²) >= 11 is 0. The maximum atomic E-state index is 11.7. The fourth-order valence-corrected chi connectivity index (χ4v) is 1.65. The third-order valence-electron chi connectivity index (χ3n) is 2.34. The number of aliphatic hydroxyl groups is 1. The van der Waals surface area contributed by atoms with E-state index in [0.29, 0.717) is 6.54 Å². The molecule has 0 aliphatic carbocycles. The molecule has 2 amide bonds. The van der Waals surface area contributed by atoms with Crippen LogP contribution in [0.25, 0.3) is 0 Å². The molecule has 1 saturated heterocycles. The van der Waals surface area contributed by atoms with E-state index in [1.54, 1.807) is 13.0 Å². The summed E-state index contributed by atoms with van der Waals surface area (Å²) in [4.78, 5) is 24.3. The molecule has 0 radical (unpaired) electrons. The van der Waals surface area contributed by atoms with Crippen LogP contribution in [0, 0.1) is 11.3 Å². The third-order valence-corrected chi connectivity index (χ3v) is 2.34. The summed E-state index contributed by atoms with van der Waals surface area (Å²) in [5.74, 6) is -1.51. The van der Waals surface area contributed by atoms with Gasteiger partial charge in [-0.05, 0) is 6.92 Å². The standard InChI is InChI=1S/C10H15N3O4/c1-7-4-13(5-8(6-14)17-7)10(16)9(15)12-3-2-11/h7-8,14H,3-6H2,1H3,(H,12,15). The highest BCUT2D eigenvalue weighted by molar-refractivity contribution is 6.35. The van der Waals surface area contributed by atoms with Gasteiger partial charge >= 0.3 is 11.8 Å². The van der Waals surface area contributed by atoms with Crippen LogP contribution < -0.4 is 5.32 Å². The first-order valence-corrected chi connectivity index (χ1v) is 5.28. The van der Waals surface area contributed by atoms with E-state index < -0.39 is 17.9 Å². The van der Waals surface area contributed by atoms with Gasteiger partial charge in [-0.3, -0.25) is 9.59 Å². The van der Waals surface area contributed by atoms with Crippen LogP contribution in [0.3, 0.4) is 0 Å². The smallest absolute Gasteiger partial charge is 0.312 e. The van der Waals surface area contributed by atoms with Crippen molar-refractivity contribution < 1.29 is 19.4 Å². The summed E-state index contributed by atoms with van der Waals surface area (Å²) in [6.45, 7) is 1.84. The molecule has 0 aromatic carbocycles. The quantitative estimate of drug-likeness (QED) is 0.440. The third kappa shape index (κ3) is 3.69. The highest BCUT2D eigenvalue weighted by Gasteiger charge is 2.30. The number of carbonyl (C=O) groups excluding carboxylic acids is 2. The minimum Gasteiger partial charge on any atom is -0.394 e. The Morgan fingerprint density at radius 3 is 2.88 bits per heavy atom. The van der Waals surface area contributed by atoms with Crippen molar-refractivity contribution in [2.75, 3.05) is 26.2 Å². The van der Waals surface area contributed by atoms with E-state index in [1.165, 1.54) is 4.90 Å². The largest absolute Gasteiger partial charge is 0.394 e. The van der Waals surface area contributed by atoms with E-state index >= 15 is 0 Å². The average Bonchev–Trinajstić information content (AvgIpc) is 2.34. The van der Waals surface area contributed by atoms with E-state index in [-0.39, 0.29) is 25.8 Å².